The van der Waals surface area contributed by atoms with E-state index in [1.807, 2.05) is 0 Å². The molecule has 0 bridgehead atoms. The third kappa shape index (κ3) is 3.83. The van der Waals surface area contributed by atoms with Crippen molar-refractivity contribution in [1.82, 2.24) is 0 Å². The van der Waals surface area contributed by atoms with Gasteiger partial charge in [-0.1, -0.05) is 0 Å². The normalized spacial score (nSPS) is 36.5. The zero-order valence-electron chi connectivity index (χ0n) is 7.25. The van der Waals surface area contributed by atoms with Crippen LogP contribution in [0.4, 0.5) is 0 Å². The van der Waals surface area contributed by atoms with E-state index in [0.717, 1.165) is 0 Å². The van der Waals surface area contributed by atoms with E-state index in [4.69, 9.17) is 19.4 Å². The van der Waals surface area contributed by atoms with E-state index in [1.54, 1.807) is 6.92 Å². The van der Waals surface area contributed by atoms with Gasteiger partial charge in [-0.15, -0.1) is 0 Å². The Morgan fingerprint density at radius 2 is 2.08 bits per heavy atom. The predicted octanol–water partition coefficient (Wildman–Crippen LogP) is -1.07. The van der Waals surface area contributed by atoms with Crippen LogP contribution in [-0.2, 0) is 9.26 Å². The number of ether oxygens (including phenoxy) is 1. The Balaban J connectivity index is 2.25. The molecule has 80 valence electrons. The Morgan fingerprint density at radius 3 is 2.46 bits per heavy atom. The number of hydrogen-bond donors (Lipinski definition) is 4. The van der Waals surface area contributed by atoms with E-state index in [-0.39, 0.29) is 18.8 Å². The van der Waals surface area contributed by atoms with Gasteiger partial charge in [-0.05, 0) is 0 Å². The zero-order valence-corrected chi connectivity index (χ0v) is 8.25. The summed E-state index contributed by atoms with van der Waals surface area (Å²) in [6.07, 6.45) is -0.837. The van der Waals surface area contributed by atoms with Crippen molar-refractivity contribution in [3.63, 3.8) is 0 Å². The number of rotatable bonds is 3. The molecule has 1 rings (SSSR count). The summed E-state index contributed by atoms with van der Waals surface area (Å²) in [5.74, 6) is 0. The molecule has 0 aromatic rings. The van der Waals surface area contributed by atoms with Crippen LogP contribution >= 0.6 is 8.17 Å². The van der Waals surface area contributed by atoms with Crippen LogP contribution in [0.1, 0.15) is 13.3 Å². The molecule has 1 saturated heterocycles. The van der Waals surface area contributed by atoms with Gasteiger partial charge in [0.2, 0.25) is 0 Å². The van der Waals surface area contributed by atoms with Crippen molar-refractivity contribution in [2.24, 2.45) is 0 Å². The van der Waals surface area contributed by atoms with Crippen molar-refractivity contribution in [3.8, 4) is 0 Å². The second-order valence-corrected chi connectivity index (χ2v) is 4.59. The Morgan fingerprint density at radius 1 is 1.46 bits per heavy atom. The molecular formula is C6H15O6P. The van der Waals surface area contributed by atoms with Gasteiger partial charge in [-0.2, -0.15) is 0 Å². The molecule has 1 aliphatic heterocycles. The molecule has 0 aromatic heterocycles. The average Bonchev–Trinajstić information content (AvgIpc) is 2.27. The van der Waals surface area contributed by atoms with Crippen LogP contribution in [0.3, 0.4) is 0 Å². The molecule has 0 amide bonds. The van der Waals surface area contributed by atoms with Gasteiger partial charge >= 0.3 is 75.5 Å². The summed E-state index contributed by atoms with van der Waals surface area (Å²) in [6, 6.07) is 0. The van der Waals surface area contributed by atoms with Gasteiger partial charge in [0.25, 0.3) is 0 Å². The van der Waals surface area contributed by atoms with Crippen LogP contribution in [0, 0.1) is 0 Å². The van der Waals surface area contributed by atoms with Crippen molar-refractivity contribution in [1.29, 1.82) is 0 Å². The molecule has 1 aliphatic rings. The van der Waals surface area contributed by atoms with Crippen LogP contribution in [0.2, 0.25) is 0 Å². The van der Waals surface area contributed by atoms with Crippen molar-refractivity contribution in [2.75, 3.05) is 6.61 Å². The first-order valence-electron chi connectivity index (χ1n) is 4.03. The van der Waals surface area contributed by atoms with E-state index in [9.17, 15) is 5.11 Å². The van der Waals surface area contributed by atoms with E-state index in [0.29, 0.717) is 6.42 Å². The summed E-state index contributed by atoms with van der Waals surface area (Å²) in [4.78, 5) is 25.6. The summed E-state index contributed by atoms with van der Waals surface area (Å²) in [6.45, 7) is 1.60. The summed E-state index contributed by atoms with van der Waals surface area (Å²) in [5, 5.41) is 9.24. The summed E-state index contributed by atoms with van der Waals surface area (Å²) >= 11 is 0. The van der Waals surface area contributed by atoms with Gasteiger partial charge in [0.05, 0.1) is 0 Å². The van der Waals surface area contributed by atoms with Crippen molar-refractivity contribution in [3.05, 3.63) is 0 Å². The van der Waals surface area contributed by atoms with Gasteiger partial charge in [-0.3, -0.25) is 0 Å². The average molecular weight is 214 g/mol. The Hall–Kier alpha value is 0.190. The van der Waals surface area contributed by atoms with Gasteiger partial charge in [0.15, 0.2) is 0 Å². The SMILES string of the molecule is CC1OC(CO[PH](O)(O)O)CC1O. The van der Waals surface area contributed by atoms with E-state index < -0.39 is 14.3 Å². The Bertz CT molecular complexity index is 159. The third-order valence-corrected chi connectivity index (χ3v) is 2.47. The number of aliphatic hydroxyl groups excluding tert-OH is 1. The molecule has 7 heteroatoms. The van der Waals surface area contributed by atoms with E-state index >= 15 is 0 Å². The predicted molar refractivity (Wildman–Crippen MR) is 45.9 cm³/mol. The van der Waals surface area contributed by atoms with Gasteiger partial charge < -0.3 is 0 Å². The molecule has 0 spiro atoms. The fourth-order valence-corrected chi connectivity index (χ4v) is 1.63. The van der Waals surface area contributed by atoms with Gasteiger partial charge in [0.1, 0.15) is 0 Å². The standard InChI is InChI=1S/C6H15O6P/c1-4-6(7)2-5(12-4)3-11-13(8,9)10/h4-10,13H,2-3H2,1H3. The van der Waals surface area contributed by atoms with Crippen LogP contribution in [0.25, 0.3) is 0 Å². The summed E-state index contributed by atoms with van der Waals surface area (Å²) in [7, 11) is -4.43. The fraction of sp³-hybridized carbons (Fsp3) is 1.00. The molecule has 3 atom stereocenters. The van der Waals surface area contributed by atoms with Crippen molar-refractivity contribution < 1.29 is 29.0 Å². The van der Waals surface area contributed by atoms with Crippen LogP contribution in [0.5, 0.6) is 0 Å². The third-order valence-electron chi connectivity index (χ3n) is 1.92. The molecule has 0 aromatic carbocycles. The molecule has 0 aliphatic carbocycles. The quantitative estimate of drug-likeness (QED) is 0.446. The van der Waals surface area contributed by atoms with Crippen molar-refractivity contribution in [2.45, 2.75) is 31.7 Å². The van der Waals surface area contributed by atoms with E-state index in [2.05, 4.69) is 4.52 Å². The maximum absolute atomic E-state index is 9.24. The summed E-state index contributed by atoms with van der Waals surface area (Å²) < 4.78 is 9.56. The monoisotopic (exact) mass is 214 g/mol. The van der Waals surface area contributed by atoms with Crippen molar-refractivity contribution >= 4 is 8.17 Å². The molecule has 0 radical (unpaired) electrons. The molecule has 13 heavy (non-hydrogen) atoms. The molecule has 0 saturated carbocycles. The topological polar surface area (TPSA) is 99.4 Å². The molecular weight excluding hydrogens is 199 g/mol. The molecule has 4 N–H and O–H groups in total. The zero-order chi connectivity index (χ0) is 10.1. The Kier molecular flexibility index (Phi) is 3.59. The maximum atomic E-state index is 9.24. The first-order chi connectivity index (χ1) is 5.88. The molecule has 6 nitrogen and oxygen atoms in total. The first kappa shape index (κ1) is 11.3. The van der Waals surface area contributed by atoms with Gasteiger partial charge in [0, 0.05) is 0 Å². The second-order valence-electron chi connectivity index (χ2n) is 3.15. The summed E-state index contributed by atoms with van der Waals surface area (Å²) in [5.41, 5.74) is 0. The Labute approximate surface area is 76.4 Å². The van der Waals surface area contributed by atoms with Gasteiger partial charge in [-0.25, -0.2) is 0 Å². The van der Waals surface area contributed by atoms with Crippen LogP contribution in [0.15, 0.2) is 0 Å². The number of hydrogen-bond acceptors (Lipinski definition) is 6. The van der Waals surface area contributed by atoms with Crippen LogP contribution < -0.4 is 0 Å². The fourth-order valence-electron chi connectivity index (χ4n) is 1.22. The second kappa shape index (κ2) is 4.14. The minimum atomic E-state index is -4.43. The molecule has 1 fully saturated rings. The first-order valence-corrected chi connectivity index (χ1v) is 5.78. The number of aliphatic hydroxyl groups is 1. The molecule has 3 unspecified atom stereocenters. The minimum absolute atomic E-state index is 0.114. The van der Waals surface area contributed by atoms with E-state index in [1.165, 1.54) is 0 Å². The molecule has 1 heterocycles. The van der Waals surface area contributed by atoms with Crippen LogP contribution in [-0.4, -0.2) is 44.7 Å².